The summed E-state index contributed by atoms with van der Waals surface area (Å²) in [6.07, 6.45) is 3.88. The van der Waals surface area contributed by atoms with Gasteiger partial charge in [0.05, 0.1) is 21.7 Å². The largest absolute Gasteiger partial charge is 0.325 e. The van der Waals surface area contributed by atoms with Gasteiger partial charge >= 0.3 is 0 Å². The number of hydrogen-bond donors (Lipinski definition) is 1. The number of hydrogen-bond acceptors (Lipinski definition) is 6. The van der Waals surface area contributed by atoms with E-state index in [2.05, 4.69) is 16.9 Å². The highest BCUT2D eigenvalue weighted by molar-refractivity contribution is 7.99. The summed E-state index contributed by atoms with van der Waals surface area (Å²) in [5, 5.41) is 15.2. The Balaban J connectivity index is 1.54. The minimum absolute atomic E-state index is 0.0770. The van der Waals surface area contributed by atoms with Crippen LogP contribution in [0.15, 0.2) is 46.2 Å². The van der Waals surface area contributed by atoms with Gasteiger partial charge in [-0.3, -0.25) is 14.2 Å². The quantitative estimate of drug-likeness (QED) is 0.314. The molecule has 30 heavy (non-hydrogen) atoms. The maximum absolute atomic E-state index is 13.1. The van der Waals surface area contributed by atoms with E-state index in [4.69, 9.17) is 16.9 Å². The Labute approximate surface area is 186 Å². The molecule has 3 aromatic rings. The monoisotopic (exact) mass is 456 g/mol. The zero-order valence-corrected chi connectivity index (χ0v) is 18.2. The molecule has 0 unspecified atom stereocenters. The van der Waals surface area contributed by atoms with Gasteiger partial charge in [-0.05, 0) is 47.9 Å². The van der Waals surface area contributed by atoms with E-state index in [-0.39, 0.29) is 22.2 Å². The number of rotatable bonds is 7. The molecule has 152 valence electrons. The number of thiophene rings is 1. The first-order chi connectivity index (χ1) is 14.5. The highest BCUT2D eigenvalue weighted by Gasteiger charge is 2.28. The lowest BCUT2D eigenvalue weighted by molar-refractivity contribution is -0.113. The van der Waals surface area contributed by atoms with Crippen LogP contribution in [0.2, 0.25) is 5.02 Å². The molecule has 0 bridgehead atoms. The van der Waals surface area contributed by atoms with Crippen molar-refractivity contribution in [2.75, 3.05) is 11.1 Å². The Kier molecular flexibility index (Phi) is 5.95. The van der Waals surface area contributed by atoms with E-state index in [0.29, 0.717) is 39.1 Å². The second-order valence-corrected chi connectivity index (χ2v) is 9.10. The molecule has 1 fully saturated rings. The second-order valence-electron chi connectivity index (χ2n) is 6.89. The van der Waals surface area contributed by atoms with Crippen molar-refractivity contribution in [2.45, 2.75) is 30.5 Å². The number of halogens is 1. The van der Waals surface area contributed by atoms with E-state index < -0.39 is 0 Å². The fourth-order valence-corrected chi connectivity index (χ4v) is 5.23. The molecule has 1 amide bonds. The van der Waals surface area contributed by atoms with E-state index in [1.54, 1.807) is 22.8 Å². The molecule has 0 saturated heterocycles. The summed E-state index contributed by atoms with van der Waals surface area (Å²) in [6, 6.07) is 6.68. The maximum atomic E-state index is 13.1. The van der Waals surface area contributed by atoms with Crippen LogP contribution in [0.4, 0.5) is 5.69 Å². The van der Waals surface area contributed by atoms with Gasteiger partial charge in [-0.2, -0.15) is 5.26 Å². The van der Waals surface area contributed by atoms with Gasteiger partial charge in [0.25, 0.3) is 5.56 Å². The topological polar surface area (TPSA) is 87.8 Å². The number of carbonyl (C=O) groups is 1. The Morgan fingerprint density at radius 2 is 2.30 bits per heavy atom. The van der Waals surface area contributed by atoms with E-state index in [1.807, 2.05) is 11.4 Å². The molecule has 4 rings (SSSR count). The third kappa shape index (κ3) is 4.15. The summed E-state index contributed by atoms with van der Waals surface area (Å²) in [4.78, 5) is 30.9. The standard InChI is InChI=1S/C21H17ClN4O2S2/c1-2-7-26-20(28)18-15(12-3-4-12)10-29-19(18)25-21(26)30-11-17(27)24-14-6-5-13(9-23)16(22)8-14/h2,5-6,8,10,12H,1,3-4,7,11H2,(H,24,27). The molecule has 0 radical (unpaired) electrons. The van der Waals surface area contributed by atoms with Crippen LogP contribution in [0, 0.1) is 11.3 Å². The van der Waals surface area contributed by atoms with Crippen molar-refractivity contribution in [1.82, 2.24) is 9.55 Å². The summed E-state index contributed by atoms with van der Waals surface area (Å²) >= 11 is 8.68. The van der Waals surface area contributed by atoms with Gasteiger partial charge in [0.15, 0.2) is 5.16 Å². The molecule has 0 spiro atoms. The van der Waals surface area contributed by atoms with E-state index in [9.17, 15) is 9.59 Å². The summed E-state index contributed by atoms with van der Waals surface area (Å²) in [6.45, 7) is 4.07. The first-order valence-corrected chi connectivity index (χ1v) is 11.5. The normalized spacial score (nSPS) is 13.2. The fourth-order valence-electron chi connectivity index (χ4n) is 3.13. The van der Waals surface area contributed by atoms with Crippen LogP contribution in [0.3, 0.4) is 0 Å². The van der Waals surface area contributed by atoms with Crippen LogP contribution in [0.25, 0.3) is 10.2 Å². The number of allylic oxidation sites excluding steroid dienone is 1. The Morgan fingerprint density at radius 1 is 1.50 bits per heavy atom. The van der Waals surface area contributed by atoms with E-state index in [1.165, 1.54) is 29.2 Å². The van der Waals surface area contributed by atoms with Gasteiger partial charge in [-0.1, -0.05) is 29.4 Å². The molecule has 2 aromatic heterocycles. The molecule has 1 aliphatic rings. The van der Waals surface area contributed by atoms with Crippen LogP contribution in [-0.4, -0.2) is 21.2 Å². The highest BCUT2D eigenvalue weighted by atomic mass is 35.5. The molecule has 6 nitrogen and oxygen atoms in total. The van der Waals surface area contributed by atoms with Crippen molar-refractivity contribution < 1.29 is 4.79 Å². The van der Waals surface area contributed by atoms with Gasteiger partial charge in [0, 0.05) is 12.2 Å². The number of benzene rings is 1. The minimum Gasteiger partial charge on any atom is -0.325 e. The lowest BCUT2D eigenvalue weighted by Crippen LogP contribution is -2.24. The van der Waals surface area contributed by atoms with Gasteiger partial charge in [0.1, 0.15) is 10.9 Å². The lowest BCUT2D eigenvalue weighted by Gasteiger charge is -2.11. The summed E-state index contributed by atoms with van der Waals surface area (Å²) in [5.74, 6) is 0.284. The van der Waals surface area contributed by atoms with E-state index >= 15 is 0 Å². The smallest absolute Gasteiger partial charge is 0.263 e. The molecule has 1 aliphatic carbocycles. The maximum Gasteiger partial charge on any atom is 0.263 e. The number of nitrogens with one attached hydrogen (secondary N) is 1. The number of carbonyl (C=O) groups excluding carboxylic acids is 1. The van der Waals surface area contributed by atoms with Crippen LogP contribution < -0.4 is 10.9 Å². The fraction of sp³-hybridized carbons (Fsp3) is 0.238. The van der Waals surface area contributed by atoms with Gasteiger partial charge in [-0.25, -0.2) is 4.98 Å². The summed E-state index contributed by atoms with van der Waals surface area (Å²) < 4.78 is 1.57. The molecule has 1 saturated carbocycles. The SMILES string of the molecule is C=CCn1c(SCC(=O)Nc2ccc(C#N)c(Cl)c2)nc2scc(C3CC3)c2c1=O. The van der Waals surface area contributed by atoms with Gasteiger partial charge < -0.3 is 5.32 Å². The predicted molar refractivity (Wildman–Crippen MR) is 122 cm³/mol. The average molecular weight is 457 g/mol. The van der Waals surface area contributed by atoms with E-state index in [0.717, 1.165) is 18.4 Å². The Hall–Kier alpha value is -2.60. The predicted octanol–water partition coefficient (Wildman–Crippen LogP) is 4.78. The number of thioether (sulfide) groups is 1. The van der Waals surface area contributed by atoms with Crippen LogP contribution in [0.5, 0.6) is 0 Å². The third-order valence-electron chi connectivity index (χ3n) is 4.72. The van der Waals surface area contributed by atoms with Crippen molar-refractivity contribution in [3.05, 3.63) is 62.7 Å². The number of nitriles is 1. The van der Waals surface area contributed by atoms with Gasteiger partial charge in [-0.15, -0.1) is 17.9 Å². The van der Waals surface area contributed by atoms with Crippen molar-refractivity contribution in [1.29, 1.82) is 5.26 Å². The van der Waals surface area contributed by atoms with Gasteiger partial charge in [0.2, 0.25) is 5.91 Å². The molecular formula is C21H17ClN4O2S2. The van der Waals surface area contributed by atoms with Crippen molar-refractivity contribution in [3.8, 4) is 6.07 Å². The molecular weight excluding hydrogens is 440 g/mol. The second kappa shape index (κ2) is 8.64. The zero-order chi connectivity index (χ0) is 21.3. The van der Waals surface area contributed by atoms with Crippen LogP contribution in [0.1, 0.15) is 29.9 Å². The first kappa shape index (κ1) is 20.7. The average Bonchev–Trinajstić information content (AvgIpc) is 3.48. The number of fused-ring (bicyclic) bond motifs is 1. The molecule has 9 heteroatoms. The molecule has 0 atom stereocenters. The molecule has 0 aliphatic heterocycles. The number of nitrogens with zero attached hydrogens (tertiary/aromatic N) is 3. The van der Waals surface area contributed by atoms with Crippen LogP contribution in [-0.2, 0) is 11.3 Å². The first-order valence-electron chi connectivity index (χ1n) is 9.27. The summed E-state index contributed by atoms with van der Waals surface area (Å²) in [5.41, 5.74) is 1.86. The minimum atomic E-state index is -0.259. The third-order valence-corrected chi connectivity index (χ3v) is 6.90. The lowest BCUT2D eigenvalue weighted by atomic mass is 10.1. The Bertz CT molecular complexity index is 1250. The van der Waals surface area contributed by atoms with Crippen LogP contribution >= 0.6 is 34.7 Å². The molecule has 1 N–H and O–H groups in total. The molecule has 2 heterocycles. The molecule has 1 aromatic carbocycles. The summed E-state index contributed by atoms with van der Waals surface area (Å²) in [7, 11) is 0. The van der Waals surface area contributed by atoms with Crippen molar-refractivity contribution >= 4 is 56.5 Å². The number of aromatic nitrogens is 2. The number of amides is 1. The zero-order valence-electron chi connectivity index (χ0n) is 15.9. The number of anilines is 1. The van der Waals surface area contributed by atoms with Crippen molar-refractivity contribution in [2.24, 2.45) is 0 Å². The Morgan fingerprint density at radius 3 is 2.97 bits per heavy atom. The highest BCUT2D eigenvalue weighted by Crippen LogP contribution is 2.44. The van der Waals surface area contributed by atoms with Crippen molar-refractivity contribution in [3.63, 3.8) is 0 Å².